The van der Waals surface area contributed by atoms with Gasteiger partial charge >= 0.3 is 0 Å². The van der Waals surface area contributed by atoms with Gasteiger partial charge < -0.3 is 5.32 Å². The molecule has 0 saturated carbocycles. The molecule has 0 radical (unpaired) electrons. The van der Waals surface area contributed by atoms with Crippen molar-refractivity contribution >= 4 is 28.9 Å². The molecule has 0 aliphatic carbocycles. The largest absolute Gasteiger partial charge is 0.325 e. The van der Waals surface area contributed by atoms with Crippen LogP contribution in [0.1, 0.15) is 5.56 Å². The van der Waals surface area contributed by atoms with Gasteiger partial charge in [-0.2, -0.15) is 0 Å². The van der Waals surface area contributed by atoms with Crippen LogP contribution in [-0.2, 0) is 11.3 Å². The molecule has 7 heteroatoms. The second-order valence-electron chi connectivity index (χ2n) is 5.13. The summed E-state index contributed by atoms with van der Waals surface area (Å²) in [6, 6.07) is 13.8. The quantitative estimate of drug-likeness (QED) is 0.650. The molecule has 1 amide bonds. The van der Waals surface area contributed by atoms with Crippen LogP contribution in [0.15, 0.2) is 48.5 Å². The normalized spacial score (nSPS) is 10.6. The van der Waals surface area contributed by atoms with Gasteiger partial charge in [-0.15, -0.1) is 0 Å². The second kappa shape index (κ2) is 7.71. The van der Waals surface area contributed by atoms with Crippen LogP contribution in [0.4, 0.5) is 11.4 Å². The van der Waals surface area contributed by atoms with Crippen molar-refractivity contribution < 1.29 is 9.72 Å². The van der Waals surface area contributed by atoms with Gasteiger partial charge in [-0.05, 0) is 30.8 Å². The SMILES string of the molecule is CN(CC(=O)Nc1ccccc1)Cc1ccc(Cl)c([N+](=O)[O-])c1. The van der Waals surface area contributed by atoms with Gasteiger partial charge in [0.25, 0.3) is 5.69 Å². The predicted octanol–water partition coefficient (Wildman–Crippen LogP) is 3.32. The van der Waals surface area contributed by atoms with E-state index < -0.39 is 4.92 Å². The second-order valence-corrected chi connectivity index (χ2v) is 5.54. The predicted molar refractivity (Wildman–Crippen MR) is 89.5 cm³/mol. The number of nitrogens with zero attached hydrogens (tertiary/aromatic N) is 2. The standard InChI is InChI=1S/C16H16ClN3O3/c1-19(11-16(21)18-13-5-3-2-4-6-13)10-12-7-8-14(17)15(9-12)20(22)23/h2-9H,10-11H2,1H3,(H,18,21). The smallest absolute Gasteiger partial charge is 0.288 e. The number of rotatable bonds is 6. The number of nitro groups is 1. The monoisotopic (exact) mass is 333 g/mol. The molecule has 2 aromatic rings. The van der Waals surface area contributed by atoms with E-state index >= 15 is 0 Å². The van der Waals surface area contributed by atoms with Crippen LogP contribution in [-0.4, -0.2) is 29.3 Å². The average Bonchev–Trinajstić information content (AvgIpc) is 2.49. The molecule has 0 fully saturated rings. The van der Waals surface area contributed by atoms with E-state index in [1.54, 1.807) is 30.1 Å². The number of anilines is 1. The first kappa shape index (κ1) is 16.9. The zero-order chi connectivity index (χ0) is 16.8. The van der Waals surface area contributed by atoms with E-state index in [1.165, 1.54) is 12.1 Å². The Hall–Kier alpha value is -2.44. The summed E-state index contributed by atoms with van der Waals surface area (Å²) in [6.07, 6.45) is 0. The van der Waals surface area contributed by atoms with Gasteiger partial charge in [0.2, 0.25) is 5.91 Å². The van der Waals surface area contributed by atoms with E-state index in [4.69, 9.17) is 11.6 Å². The maximum absolute atomic E-state index is 12.0. The number of nitrogens with one attached hydrogen (secondary N) is 1. The number of hydrogen-bond acceptors (Lipinski definition) is 4. The Balaban J connectivity index is 1.94. The number of carbonyl (C=O) groups is 1. The number of benzene rings is 2. The molecule has 0 aliphatic heterocycles. The summed E-state index contributed by atoms with van der Waals surface area (Å²) in [5, 5.41) is 13.8. The van der Waals surface area contributed by atoms with Crippen molar-refractivity contribution in [3.05, 3.63) is 69.2 Å². The number of likely N-dealkylation sites (N-methyl/N-ethyl adjacent to an activating group) is 1. The molecule has 0 spiro atoms. The Morgan fingerprint density at radius 1 is 1.26 bits per heavy atom. The summed E-state index contributed by atoms with van der Waals surface area (Å²) < 4.78 is 0. The van der Waals surface area contributed by atoms with Gasteiger partial charge in [0.05, 0.1) is 11.5 Å². The van der Waals surface area contributed by atoms with Gasteiger partial charge in [0, 0.05) is 18.3 Å². The van der Waals surface area contributed by atoms with Crippen molar-refractivity contribution in [3.63, 3.8) is 0 Å². The molecule has 0 bridgehead atoms. The number of para-hydroxylation sites is 1. The van der Waals surface area contributed by atoms with E-state index in [1.807, 2.05) is 18.2 Å². The summed E-state index contributed by atoms with van der Waals surface area (Å²) in [6.45, 7) is 0.575. The summed E-state index contributed by atoms with van der Waals surface area (Å²) in [5.74, 6) is -0.151. The minimum atomic E-state index is -0.520. The minimum Gasteiger partial charge on any atom is -0.325 e. The van der Waals surface area contributed by atoms with E-state index in [-0.39, 0.29) is 23.2 Å². The third-order valence-electron chi connectivity index (χ3n) is 3.13. The fourth-order valence-electron chi connectivity index (χ4n) is 2.13. The fraction of sp³-hybridized carbons (Fsp3) is 0.188. The van der Waals surface area contributed by atoms with Crippen LogP contribution in [0.2, 0.25) is 5.02 Å². The molecule has 0 saturated heterocycles. The highest BCUT2D eigenvalue weighted by molar-refractivity contribution is 6.32. The molecule has 23 heavy (non-hydrogen) atoms. The first-order valence-corrected chi connectivity index (χ1v) is 7.30. The molecule has 2 rings (SSSR count). The van der Waals surface area contributed by atoms with Crippen LogP contribution in [0.25, 0.3) is 0 Å². The molecule has 1 N–H and O–H groups in total. The Kier molecular flexibility index (Phi) is 5.67. The lowest BCUT2D eigenvalue weighted by Crippen LogP contribution is -2.29. The summed E-state index contributed by atoms with van der Waals surface area (Å²) in [5.41, 5.74) is 1.32. The molecular weight excluding hydrogens is 318 g/mol. The highest BCUT2D eigenvalue weighted by Crippen LogP contribution is 2.25. The summed E-state index contributed by atoms with van der Waals surface area (Å²) >= 11 is 5.78. The van der Waals surface area contributed by atoms with E-state index in [0.29, 0.717) is 6.54 Å². The van der Waals surface area contributed by atoms with Crippen molar-refractivity contribution in [1.82, 2.24) is 4.90 Å². The van der Waals surface area contributed by atoms with Crippen LogP contribution < -0.4 is 5.32 Å². The minimum absolute atomic E-state index is 0.100. The van der Waals surface area contributed by atoms with Gasteiger partial charge in [0.1, 0.15) is 5.02 Å². The molecular formula is C16H16ClN3O3. The van der Waals surface area contributed by atoms with E-state index in [0.717, 1.165) is 11.3 Å². The number of hydrogen-bond donors (Lipinski definition) is 1. The van der Waals surface area contributed by atoms with Gasteiger partial charge in [-0.25, -0.2) is 0 Å². The van der Waals surface area contributed by atoms with Crippen LogP contribution in [0.5, 0.6) is 0 Å². The van der Waals surface area contributed by atoms with Crippen molar-refractivity contribution in [2.45, 2.75) is 6.54 Å². The number of halogens is 1. The van der Waals surface area contributed by atoms with Gasteiger partial charge in [0.15, 0.2) is 0 Å². The van der Waals surface area contributed by atoms with E-state index in [9.17, 15) is 14.9 Å². The lowest BCUT2D eigenvalue weighted by atomic mass is 10.2. The number of carbonyl (C=O) groups excluding carboxylic acids is 1. The highest BCUT2D eigenvalue weighted by atomic mass is 35.5. The van der Waals surface area contributed by atoms with Gasteiger partial charge in [-0.3, -0.25) is 19.8 Å². The van der Waals surface area contributed by atoms with Crippen molar-refractivity contribution in [2.24, 2.45) is 0 Å². The molecule has 6 nitrogen and oxygen atoms in total. The Bertz CT molecular complexity index is 707. The maximum Gasteiger partial charge on any atom is 0.288 e. The zero-order valence-electron chi connectivity index (χ0n) is 12.5. The van der Waals surface area contributed by atoms with Crippen molar-refractivity contribution in [2.75, 3.05) is 18.9 Å². The lowest BCUT2D eigenvalue weighted by molar-refractivity contribution is -0.384. The number of nitro benzene ring substituents is 1. The Labute approximate surface area is 138 Å². The zero-order valence-corrected chi connectivity index (χ0v) is 13.3. The molecule has 0 heterocycles. The Morgan fingerprint density at radius 2 is 1.96 bits per heavy atom. The topological polar surface area (TPSA) is 75.5 Å². The summed E-state index contributed by atoms with van der Waals surface area (Å²) in [4.78, 5) is 24.1. The van der Waals surface area contributed by atoms with Crippen LogP contribution in [0, 0.1) is 10.1 Å². The summed E-state index contributed by atoms with van der Waals surface area (Å²) in [7, 11) is 1.77. The molecule has 0 unspecified atom stereocenters. The fourth-order valence-corrected chi connectivity index (χ4v) is 2.32. The van der Waals surface area contributed by atoms with Crippen molar-refractivity contribution in [3.8, 4) is 0 Å². The average molecular weight is 334 g/mol. The third-order valence-corrected chi connectivity index (χ3v) is 3.45. The van der Waals surface area contributed by atoms with Crippen molar-refractivity contribution in [1.29, 1.82) is 0 Å². The van der Waals surface area contributed by atoms with Gasteiger partial charge in [-0.1, -0.05) is 35.9 Å². The molecule has 0 aromatic heterocycles. The van der Waals surface area contributed by atoms with Crippen LogP contribution >= 0.6 is 11.6 Å². The molecule has 120 valence electrons. The van der Waals surface area contributed by atoms with E-state index in [2.05, 4.69) is 5.32 Å². The molecule has 2 aromatic carbocycles. The first-order valence-electron chi connectivity index (χ1n) is 6.92. The number of amides is 1. The lowest BCUT2D eigenvalue weighted by Gasteiger charge is -2.16. The van der Waals surface area contributed by atoms with Crippen LogP contribution in [0.3, 0.4) is 0 Å². The Morgan fingerprint density at radius 3 is 2.61 bits per heavy atom. The molecule has 0 atom stereocenters. The highest BCUT2D eigenvalue weighted by Gasteiger charge is 2.14. The molecule has 0 aliphatic rings. The first-order chi connectivity index (χ1) is 11.0. The third kappa shape index (κ3) is 5.05. The maximum atomic E-state index is 12.0.